The lowest BCUT2D eigenvalue weighted by Gasteiger charge is -2.16. The zero-order valence-corrected chi connectivity index (χ0v) is 85.3. The molecule has 12 aromatic rings. The van der Waals surface area contributed by atoms with Crippen molar-refractivity contribution < 1.29 is 63.5 Å². The molecule has 0 aliphatic carbocycles. The highest BCUT2D eigenvalue weighted by atomic mass is 32.2. The highest BCUT2D eigenvalue weighted by Gasteiger charge is 2.27. The molecule has 6 aromatic carbocycles. The Labute approximate surface area is 758 Å². The van der Waals surface area contributed by atoms with E-state index in [0.717, 1.165) is 131 Å². The minimum atomic E-state index is -3.43. The summed E-state index contributed by atoms with van der Waals surface area (Å²) in [5, 5.41) is 29.7. The number of phenols is 1. The summed E-state index contributed by atoms with van der Waals surface area (Å²) in [6, 6.07) is 32.7. The minimum absolute atomic E-state index is 0.000830. The van der Waals surface area contributed by atoms with Crippen LogP contribution in [0.25, 0.3) is 101 Å². The summed E-state index contributed by atoms with van der Waals surface area (Å²) >= 11 is 0. The van der Waals surface area contributed by atoms with Crippen molar-refractivity contribution in [1.29, 1.82) is 0 Å². The average molecular weight is 1890 g/mol. The topological polar surface area (TPSA) is 323 Å². The Morgan fingerprint density at radius 2 is 0.906 bits per heavy atom. The van der Waals surface area contributed by atoms with Crippen LogP contribution in [0.1, 0.15) is 74.0 Å². The molecule has 0 saturated carbocycles. The first-order valence-electron chi connectivity index (χ1n) is 44.3. The van der Waals surface area contributed by atoms with E-state index in [9.17, 15) is 30.7 Å². The Kier molecular flexibility index (Phi) is 35.0. The fraction of sp³-hybridized carbons (Fsp3) is 0.478. The predicted molar refractivity (Wildman–Crippen MR) is 523 cm³/mol. The molecule has 7 N–H and O–H groups in total. The van der Waals surface area contributed by atoms with Gasteiger partial charge >= 0.3 is 0 Å². The number of phenolic OH excluding ortho intramolecular Hbond substituents is 1. The van der Waals surface area contributed by atoms with Gasteiger partial charge in [0, 0.05) is 109 Å². The van der Waals surface area contributed by atoms with E-state index in [1.54, 1.807) is 32.2 Å². The first-order valence-corrected chi connectivity index (χ1v) is 66.1. The van der Waals surface area contributed by atoms with Gasteiger partial charge in [-0.2, -0.15) is 15.3 Å². The second-order valence-corrected chi connectivity index (χ2v) is 70.8. The van der Waals surface area contributed by atoms with Crippen molar-refractivity contribution in [3.8, 4) is 79.4 Å². The third-order valence-electron chi connectivity index (χ3n) is 21.9. The van der Waals surface area contributed by atoms with Crippen molar-refractivity contribution in [2.24, 2.45) is 5.73 Å². The van der Waals surface area contributed by atoms with Crippen molar-refractivity contribution in [3.05, 3.63) is 166 Å². The number of imidazole rings is 3. The molecular formula is C92H134F3N15O11S2Si5. The quantitative estimate of drug-likeness (QED) is 0.0117. The number of aryl methyl sites for hydroxylation is 4. The van der Waals surface area contributed by atoms with E-state index in [1.807, 2.05) is 94.1 Å². The van der Waals surface area contributed by atoms with Crippen molar-refractivity contribution in [2.45, 2.75) is 236 Å². The molecule has 12 rings (SSSR count). The first kappa shape index (κ1) is 102. The maximum atomic E-state index is 15.6. The molecule has 0 saturated heterocycles. The maximum absolute atomic E-state index is 15.6. The number of H-pyrrole nitrogens is 2. The molecule has 128 heavy (non-hydrogen) atoms. The molecule has 26 nitrogen and oxygen atoms in total. The number of nitrogens with zero attached hydrogens (tertiary/aromatic N) is 10. The summed E-state index contributed by atoms with van der Waals surface area (Å²) in [4.78, 5) is 17.1. The Morgan fingerprint density at radius 1 is 0.484 bits per heavy atom. The molecule has 0 spiro atoms. The van der Waals surface area contributed by atoms with Gasteiger partial charge in [-0.05, 0) is 193 Å². The van der Waals surface area contributed by atoms with Gasteiger partial charge in [-0.3, -0.25) is 5.10 Å². The summed E-state index contributed by atoms with van der Waals surface area (Å²) < 4.78 is 141. The van der Waals surface area contributed by atoms with Crippen LogP contribution >= 0.6 is 0 Å². The number of sulfonamides is 2. The minimum Gasteiger partial charge on any atom is -0.505 e. The van der Waals surface area contributed by atoms with Gasteiger partial charge in [0.15, 0.2) is 47.4 Å². The number of aromatic hydroxyl groups is 1. The molecule has 0 unspecified atom stereocenters. The average Bonchev–Trinajstić information content (AvgIpc) is 1.60. The standard InChI is InChI=1S/C39H64FN5O6SSi3.C32H48FN5O2Si2.C21H22FN5O3S/c1-12-30-23-37(51-29-50-18-21-55(9,10)11)35(40)24-34(30)31-14-15-33-36(22-31)45(28-49-17-20-54(6,7)8)43-38(33)39-42-32(25-41-52(46,47)13-2)26-44(39)27-48-16-19-53(3,4)5;1-9-24-16-23(2)29(33)18-28(24)25-10-11-27-30(17-25)38(22-40-13-15-42(6,7)8)36-31(27)32-35-26(19-34)20-37(32)21-39-12-14-41(3,4)5;1-3-12-8-19(28)17(22)9-16(12)13-5-6-15-18(7-13)26-27-20(15)21-23-10-14(25-21)11-24-31(29,30)4-2/h14-15,22-24,26,41H,12-13,16-21,25,27-29H2,1-11H3;10-11,16-18,20H,9,12-15,19,21-22,34H2,1-8H3;5-10,24,28H,3-4,11H2,1-2H3,(H,23,25)(H,26,27). The van der Waals surface area contributed by atoms with Gasteiger partial charge < -0.3 is 53.4 Å². The Morgan fingerprint density at radius 3 is 1.38 bits per heavy atom. The molecule has 36 heteroatoms. The third-order valence-corrected chi connectivity index (χ3v) is 33.1. The fourth-order valence-corrected chi connectivity index (χ4v) is 18.8. The van der Waals surface area contributed by atoms with Crippen LogP contribution in [0.2, 0.25) is 128 Å². The van der Waals surface area contributed by atoms with Gasteiger partial charge in [-0.15, -0.1) is 0 Å². The van der Waals surface area contributed by atoms with Crippen LogP contribution in [-0.2, 0) is 110 Å². The molecule has 0 amide bonds. The van der Waals surface area contributed by atoms with Crippen LogP contribution < -0.4 is 19.9 Å². The number of hydrogen-bond donors (Lipinski definition) is 6. The van der Waals surface area contributed by atoms with Crippen molar-refractivity contribution in [1.82, 2.24) is 68.3 Å². The van der Waals surface area contributed by atoms with E-state index in [2.05, 4.69) is 153 Å². The molecule has 0 radical (unpaired) electrons. The van der Waals surface area contributed by atoms with Crippen LogP contribution in [0.3, 0.4) is 0 Å². The second-order valence-electron chi connectivity index (χ2n) is 38.5. The molecule has 0 bridgehead atoms. The Bertz CT molecular complexity index is 6000. The lowest BCUT2D eigenvalue weighted by molar-refractivity contribution is 0.0197. The van der Waals surface area contributed by atoms with Gasteiger partial charge in [-0.25, -0.2) is 63.8 Å². The fourth-order valence-electron chi connectivity index (χ4n) is 13.8. The number of benzene rings is 6. The van der Waals surface area contributed by atoms with E-state index in [0.29, 0.717) is 111 Å². The van der Waals surface area contributed by atoms with Crippen LogP contribution in [0.15, 0.2) is 110 Å². The lowest BCUT2D eigenvalue weighted by Crippen LogP contribution is -2.24. The number of hydrogen-bond acceptors (Lipinski definition) is 18. The van der Waals surface area contributed by atoms with E-state index in [-0.39, 0.29) is 62.2 Å². The van der Waals surface area contributed by atoms with Gasteiger partial charge in [0.25, 0.3) is 0 Å². The van der Waals surface area contributed by atoms with Gasteiger partial charge in [0.1, 0.15) is 49.8 Å². The SMILES string of the molecule is CCc1cc(C)c(F)cc1-c1ccc2c(-c3nc(CN)cn3COCC[Si](C)(C)C)nn(COCC[Si](C)(C)C)c2c1.CCc1cc(O)c(F)cc1-c1ccc2c(-c3ncc(CNS(=O)(=O)CC)[nH]3)n[nH]c2c1.CCc1cc(OCOCC[Si](C)(C)C)c(F)cc1-c1ccc2c(-c3nc(CNS(=O)(=O)CC)cn3COCC[Si](C)(C)C)nn(COCC[Si](C)(C)C)c2c1. The largest absolute Gasteiger partial charge is 0.505 e. The summed E-state index contributed by atoms with van der Waals surface area (Å²) in [6.07, 6.45) is 7.47. The molecule has 6 aromatic heterocycles. The zero-order chi connectivity index (χ0) is 93.4. The van der Waals surface area contributed by atoms with Crippen LogP contribution in [0, 0.1) is 24.4 Å². The predicted octanol–water partition coefficient (Wildman–Crippen LogP) is 20.1. The number of nitrogens with two attached hydrogens (primary N) is 1. The number of halogens is 3. The highest BCUT2D eigenvalue weighted by Crippen LogP contribution is 2.40. The summed E-state index contributed by atoms with van der Waals surface area (Å²) in [7, 11) is -13.1. The molecule has 0 aliphatic rings. The zero-order valence-electron chi connectivity index (χ0n) is 78.7. The van der Waals surface area contributed by atoms with Gasteiger partial charge in [0.05, 0.1) is 64.4 Å². The molecule has 6 heterocycles. The van der Waals surface area contributed by atoms with Crippen molar-refractivity contribution in [3.63, 3.8) is 0 Å². The van der Waals surface area contributed by atoms with Crippen molar-refractivity contribution in [2.75, 3.05) is 51.3 Å². The first-order chi connectivity index (χ1) is 60.3. The summed E-state index contributed by atoms with van der Waals surface area (Å²) in [5.41, 5.74) is 20.9. The number of aromatic amines is 2. The second kappa shape index (κ2) is 44.1. The van der Waals surface area contributed by atoms with E-state index < -0.39 is 72.1 Å². The monoisotopic (exact) mass is 1890 g/mol. The van der Waals surface area contributed by atoms with Crippen LogP contribution in [-0.4, -0.2) is 172 Å². The molecule has 0 aliphatic heterocycles. The molecule has 696 valence electrons. The van der Waals surface area contributed by atoms with Crippen LogP contribution in [0.5, 0.6) is 11.5 Å². The number of nitrogens with one attached hydrogen (secondary N) is 4. The van der Waals surface area contributed by atoms with E-state index >= 15 is 4.39 Å². The summed E-state index contributed by atoms with van der Waals surface area (Å²) in [6.45, 7) is 50.7. The number of rotatable bonds is 44. The van der Waals surface area contributed by atoms with E-state index in [1.165, 1.54) is 18.2 Å². The van der Waals surface area contributed by atoms with Gasteiger partial charge in [-0.1, -0.05) is 143 Å². The molecule has 0 fully saturated rings. The lowest BCUT2D eigenvalue weighted by atomic mass is 9.95. The normalized spacial score (nSPS) is 12.6. The van der Waals surface area contributed by atoms with Crippen LogP contribution in [0.4, 0.5) is 13.2 Å². The van der Waals surface area contributed by atoms with Crippen molar-refractivity contribution >= 4 is 93.1 Å². The number of aromatic nitrogens is 12. The number of fused-ring (bicyclic) bond motifs is 3. The Hall–Kier alpha value is -8.59. The highest BCUT2D eigenvalue weighted by molar-refractivity contribution is 7.89. The maximum Gasteiger partial charge on any atom is 0.211 e. The van der Waals surface area contributed by atoms with Gasteiger partial charge in [0.2, 0.25) is 20.0 Å². The molecular weight excluding hydrogens is 1750 g/mol. The Balaban J connectivity index is 0.000000208. The summed E-state index contributed by atoms with van der Waals surface area (Å²) in [5.74, 6) is 0.267. The number of ether oxygens (including phenoxy) is 6. The third kappa shape index (κ3) is 28.7. The molecule has 0 atom stereocenters. The smallest absolute Gasteiger partial charge is 0.211 e. The van der Waals surface area contributed by atoms with E-state index in [4.69, 9.17) is 54.3 Å².